The van der Waals surface area contributed by atoms with E-state index in [0.29, 0.717) is 5.41 Å². The molecule has 0 amide bonds. The van der Waals surface area contributed by atoms with Crippen LogP contribution in [-0.4, -0.2) is 32.0 Å². The molecule has 18 heavy (non-hydrogen) atoms. The maximum Gasteiger partial charge on any atom is 0.0967 e. The second-order valence-electron chi connectivity index (χ2n) is 7.23. The zero-order valence-electron chi connectivity index (χ0n) is 13.0. The molecule has 0 aliphatic carbocycles. The van der Waals surface area contributed by atoms with Gasteiger partial charge in [0, 0.05) is 19.1 Å². The molecule has 4 heteroatoms. The van der Waals surface area contributed by atoms with Gasteiger partial charge in [0.05, 0.1) is 11.9 Å². The summed E-state index contributed by atoms with van der Waals surface area (Å²) in [4.78, 5) is 4.10. The van der Waals surface area contributed by atoms with E-state index in [1.807, 2.05) is 13.2 Å². The molecule has 0 saturated carbocycles. The fourth-order valence-corrected chi connectivity index (χ4v) is 1.78. The lowest BCUT2D eigenvalue weighted by atomic mass is 9.91. The Hall–Kier alpha value is -0.900. The van der Waals surface area contributed by atoms with Crippen LogP contribution in [0.4, 0.5) is 0 Å². The quantitative estimate of drug-likeness (QED) is 0.826. The molecule has 4 nitrogen and oxygen atoms in total. The Labute approximate surface area is 111 Å². The van der Waals surface area contributed by atoms with Crippen molar-refractivity contribution in [1.29, 1.82) is 0 Å². The summed E-state index contributed by atoms with van der Waals surface area (Å²) < 4.78 is 0. The molecule has 0 spiro atoms. The Kier molecular flexibility index (Phi) is 4.54. The van der Waals surface area contributed by atoms with E-state index < -0.39 is 0 Å². The minimum absolute atomic E-state index is 0.156. The number of hydrogen-bond acceptors (Lipinski definition) is 3. The molecule has 104 valence electrons. The van der Waals surface area contributed by atoms with Crippen LogP contribution in [0, 0.1) is 5.41 Å². The van der Waals surface area contributed by atoms with Crippen molar-refractivity contribution in [3.8, 4) is 0 Å². The average Bonchev–Trinajstić information content (AvgIpc) is 2.55. The van der Waals surface area contributed by atoms with E-state index >= 15 is 0 Å². The highest BCUT2D eigenvalue weighted by Crippen LogP contribution is 2.23. The van der Waals surface area contributed by atoms with Gasteiger partial charge in [-0.05, 0) is 39.2 Å². The standard InChI is InChI=1S/C14H28N4/c1-13(2,3)8-9-18(14(4,5)6)11-12-10-15-17(7)16-12/h10H,8-9,11H2,1-7H3. The molecule has 0 unspecified atom stereocenters. The lowest BCUT2D eigenvalue weighted by Gasteiger charge is -2.36. The van der Waals surface area contributed by atoms with Gasteiger partial charge in [-0.2, -0.15) is 15.0 Å². The van der Waals surface area contributed by atoms with E-state index in [1.165, 1.54) is 6.42 Å². The summed E-state index contributed by atoms with van der Waals surface area (Å²) in [6.45, 7) is 15.6. The van der Waals surface area contributed by atoms with E-state index in [0.717, 1.165) is 18.8 Å². The normalized spacial score (nSPS) is 13.3. The number of hydrogen-bond donors (Lipinski definition) is 0. The number of nitrogens with zero attached hydrogens (tertiary/aromatic N) is 4. The fraction of sp³-hybridized carbons (Fsp3) is 0.857. The summed E-state index contributed by atoms with van der Waals surface area (Å²) in [6, 6.07) is 0. The summed E-state index contributed by atoms with van der Waals surface area (Å²) in [5, 5.41) is 8.51. The monoisotopic (exact) mass is 252 g/mol. The summed E-state index contributed by atoms with van der Waals surface area (Å²) in [7, 11) is 1.86. The highest BCUT2D eigenvalue weighted by molar-refractivity contribution is 4.93. The first-order valence-electron chi connectivity index (χ1n) is 6.68. The van der Waals surface area contributed by atoms with E-state index in [4.69, 9.17) is 0 Å². The molecule has 0 saturated heterocycles. The number of aryl methyl sites for hydroxylation is 1. The third-order valence-electron chi connectivity index (χ3n) is 3.08. The molecular weight excluding hydrogens is 224 g/mol. The Morgan fingerprint density at radius 1 is 1.17 bits per heavy atom. The van der Waals surface area contributed by atoms with Crippen LogP contribution in [0.3, 0.4) is 0 Å². The fourth-order valence-electron chi connectivity index (χ4n) is 1.78. The van der Waals surface area contributed by atoms with Crippen molar-refractivity contribution in [2.75, 3.05) is 6.54 Å². The van der Waals surface area contributed by atoms with Crippen LogP contribution in [0.2, 0.25) is 0 Å². The highest BCUT2D eigenvalue weighted by atomic mass is 15.5. The van der Waals surface area contributed by atoms with Crippen LogP contribution in [-0.2, 0) is 13.6 Å². The average molecular weight is 252 g/mol. The lowest BCUT2D eigenvalue weighted by molar-refractivity contribution is 0.108. The van der Waals surface area contributed by atoms with Gasteiger partial charge >= 0.3 is 0 Å². The molecule has 0 fully saturated rings. The molecule has 0 atom stereocenters. The predicted octanol–water partition coefficient (Wildman–Crippen LogP) is 2.85. The molecule has 0 bridgehead atoms. The van der Waals surface area contributed by atoms with Crippen molar-refractivity contribution in [2.24, 2.45) is 12.5 Å². The summed E-state index contributed by atoms with van der Waals surface area (Å²) in [5.41, 5.74) is 1.57. The third-order valence-corrected chi connectivity index (χ3v) is 3.08. The van der Waals surface area contributed by atoms with Crippen LogP contribution in [0.1, 0.15) is 53.7 Å². The predicted molar refractivity (Wildman–Crippen MR) is 75.2 cm³/mol. The van der Waals surface area contributed by atoms with Crippen molar-refractivity contribution in [3.63, 3.8) is 0 Å². The van der Waals surface area contributed by atoms with Gasteiger partial charge in [-0.15, -0.1) is 0 Å². The van der Waals surface area contributed by atoms with Gasteiger partial charge in [0.2, 0.25) is 0 Å². The lowest BCUT2D eigenvalue weighted by Crippen LogP contribution is -2.42. The van der Waals surface area contributed by atoms with Gasteiger partial charge in [-0.25, -0.2) is 0 Å². The molecule has 0 aliphatic heterocycles. The minimum atomic E-state index is 0.156. The van der Waals surface area contributed by atoms with Gasteiger partial charge in [0.25, 0.3) is 0 Å². The maximum absolute atomic E-state index is 4.37. The Bertz CT molecular complexity index is 368. The van der Waals surface area contributed by atoms with Gasteiger partial charge < -0.3 is 0 Å². The summed E-state index contributed by atoms with van der Waals surface area (Å²) in [5.74, 6) is 0. The van der Waals surface area contributed by atoms with E-state index in [-0.39, 0.29) is 5.54 Å². The highest BCUT2D eigenvalue weighted by Gasteiger charge is 2.24. The Morgan fingerprint density at radius 3 is 2.17 bits per heavy atom. The van der Waals surface area contributed by atoms with Crippen LogP contribution in [0.25, 0.3) is 0 Å². The zero-order chi connectivity index (χ0) is 14.0. The van der Waals surface area contributed by atoms with Crippen LogP contribution >= 0.6 is 0 Å². The SMILES string of the molecule is Cn1ncc(CN(CCC(C)(C)C)C(C)(C)C)n1. The molecule has 0 aromatic carbocycles. The van der Waals surface area contributed by atoms with Gasteiger partial charge in [-0.1, -0.05) is 20.8 Å². The number of rotatable bonds is 4. The smallest absolute Gasteiger partial charge is 0.0967 e. The van der Waals surface area contributed by atoms with Crippen LogP contribution in [0.15, 0.2) is 6.20 Å². The Balaban J connectivity index is 2.68. The molecule has 1 aromatic heterocycles. The topological polar surface area (TPSA) is 34.0 Å². The number of aromatic nitrogens is 3. The molecule has 0 N–H and O–H groups in total. The van der Waals surface area contributed by atoms with E-state index in [1.54, 1.807) is 4.80 Å². The van der Waals surface area contributed by atoms with Crippen molar-refractivity contribution >= 4 is 0 Å². The minimum Gasteiger partial charge on any atom is -0.293 e. The van der Waals surface area contributed by atoms with Crippen LogP contribution in [0.5, 0.6) is 0 Å². The van der Waals surface area contributed by atoms with Gasteiger partial charge in [0.1, 0.15) is 0 Å². The van der Waals surface area contributed by atoms with Gasteiger partial charge in [-0.3, -0.25) is 4.90 Å². The maximum atomic E-state index is 4.37. The first-order chi connectivity index (χ1) is 8.08. The van der Waals surface area contributed by atoms with Crippen molar-refractivity contribution in [2.45, 2.75) is 60.0 Å². The third kappa shape index (κ3) is 5.17. The van der Waals surface area contributed by atoms with E-state index in [2.05, 4.69) is 56.6 Å². The first kappa shape index (κ1) is 15.2. The van der Waals surface area contributed by atoms with E-state index in [9.17, 15) is 0 Å². The van der Waals surface area contributed by atoms with Crippen LogP contribution < -0.4 is 0 Å². The second kappa shape index (κ2) is 5.39. The molecule has 1 aromatic rings. The molecule has 0 aliphatic rings. The molecule has 0 radical (unpaired) electrons. The largest absolute Gasteiger partial charge is 0.293 e. The summed E-state index contributed by atoms with van der Waals surface area (Å²) >= 11 is 0. The summed E-state index contributed by atoms with van der Waals surface area (Å²) in [6.07, 6.45) is 3.04. The zero-order valence-corrected chi connectivity index (χ0v) is 13.0. The first-order valence-corrected chi connectivity index (χ1v) is 6.68. The molecule has 1 heterocycles. The van der Waals surface area contributed by atoms with Crippen molar-refractivity contribution < 1.29 is 0 Å². The van der Waals surface area contributed by atoms with Crippen molar-refractivity contribution in [3.05, 3.63) is 11.9 Å². The van der Waals surface area contributed by atoms with Gasteiger partial charge in [0.15, 0.2) is 0 Å². The second-order valence-corrected chi connectivity index (χ2v) is 7.23. The van der Waals surface area contributed by atoms with Crippen molar-refractivity contribution in [1.82, 2.24) is 19.9 Å². The molecule has 1 rings (SSSR count). The Morgan fingerprint density at radius 2 is 1.78 bits per heavy atom. The molecular formula is C14H28N4.